The van der Waals surface area contributed by atoms with Crippen molar-refractivity contribution in [1.29, 1.82) is 0 Å². The molecule has 0 aliphatic rings. The van der Waals surface area contributed by atoms with E-state index in [1.54, 1.807) is 49.4 Å². The first-order valence-electron chi connectivity index (χ1n) is 13.2. The molecule has 0 aliphatic heterocycles. The third-order valence-electron chi connectivity index (χ3n) is 6.48. The van der Waals surface area contributed by atoms with Crippen LogP contribution >= 0.6 is 15.9 Å². The lowest BCUT2D eigenvalue weighted by Crippen LogP contribution is -2.52. The Morgan fingerprint density at radius 2 is 1.55 bits per heavy atom. The summed E-state index contributed by atoms with van der Waals surface area (Å²) in [5, 5.41) is 2.93. The Balaban J connectivity index is 2.01. The van der Waals surface area contributed by atoms with E-state index in [2.05, 4.69) is 21.2 Å². The summed E-state index contributed by atoms with van der Waals surface area (Å²) in [4.78, 5) is 28.5. The van der Waals surface area contributed by atoms with Crippen LogP contribution in [-0.2, 0) is 26.2 Å². The first-order valence-corrected chi connectivity index (χ1v) is 15.4. The minimum Gasteiger partial charge on any atom is -0.494 e. The number of hydrogen-bond donors (Lipinski definition) is 1. The number of amides is 2. The van der Waals surface area contributed by atoms with Gasteiger partial charge in [-0.05, 0) is 81.3 Å². The first kappa shape index (κ1) is 31.2. The van der Waals surface area contributed by atoms with Gasteiger partial charge in [-0.1, -0.05) is 53.2 Å². The average Bonchev–Trinajstić information content (AvgIpc) is 2.96. The Morgan fingerprint density at radius 3 is 2.12 bits per heavy atom. The zero-order valence-electron chi connectivity index (χ0n) is 23.2. The van der Waals surface area contributed by atoms with Crippen LogP contribution in [0.1, 0.15) is 39.7 Å². The Hall–Kier alpha value is -3.37. The normalized spacial score (nSPS) is 12.7. The number of rotatable bonds is 13. The molecule has 3 rings (SSSR count). The van der Waals surface area contributed by atoms with Gasteiger partial charge in [0.25, 0.3) is 10.0 Å². The quantitative estimate of drug-likeness (QED) is 0.274. The van der Waals surface area contributed by atoms with Gasteiger partial charge in [-0.15, -0.1) is 0 Å². The van der Waals surface area contributed by atoms with E-state index in [1.807, 2.05) is 45.0 Å². The fourth-order valence-electron chi connectivity index (χ4n) is 3.96. The van der Waals surface area contributed by atoms with Crippen LogP contribution in [-0.4, -0.2) is 50.4 Å². The van der Waals surface area contributed by atoms with Crippen molar-refractivity contribution in [2.24, 2.45) is 0 Å². The van der Waals surface area contributed by atoms with E-state index < -0.39 is 28.5 Å². The number of ether oxygens (including phenoxy) is 1. The van der Waals surface area contributed by atoms with Crippen molar-refractivity contribution >= 4 is 43.5 Å². The van der Waals surface area contributed by atoms with Crippen molar-refractivity contribution in [2.75, 3.05) is 17.5 Å². The topological polar surface area (TPSA) is 96.0 Å². The van der Waals surface area contributed by atoms with E-state index >= 15 is 0 Å². The van der Waals surface area contributed by atoms with Crippen molar-refractivity contribution in [3.8, 4) is 5.75 Å². The number of halogens is 1. The highest BCUT2D eigenvalue weighted by molar-refractivity contribution is 9.10. The molecule has 2 amide bonds. The van der Waals surface area contributed by atoms with Gasteiger partial charge in [0.2, 0.25) is 11.8 Å². The Labute approximate surface area is 245 Å². The van der Waals surface area contributed by atoms with E-state index in [9.17, 15) is 18.0 Å². The SMILES string of the molecule is CCOc1ccc(N(CC(=O)N(Cc2ccc(Br)cc2)C(C)C(=O)NC(C)CC)S(=O)(=O)c2ccccc2)cc1. The summed E-state index contributed by atoms with van der Waals surface area (Å²) in [5.41, 5.74) is 1.11. The molecule has 0 heterocycles. The molecular weight excluding hydrogens is 594 g/mol. The molecule has 1 N–H and O–H groups in total. The fourth-order valence-corrected chi connectivity index (χ4v) is 5.66. The summed E-state index contributed by atoms with van der Waals surface area (Å²) in [6.07, 6.45) is 0.736. The molecule has 40 heavy (non-hydrogen) atoms. The van der Waals surface area contributed by atoms with Crippen molar-refractivity contribution in [3.63, 3.8) is 0 Å². The van der Waals surface area contributed by atoms with E-state index in [-0.39, 0.29) is 23.4 Å². The second-order valence-corrected chi connectivity index (χ2v) is 12.2. The predicted octanol–water partition coefficient (Wildman–Crippen LogP) is 5.38. The molecule has 0 fully saturated rings. The van der Waals surface area contributed by atoms with Crippen molar-refractivity contribution in [1.82, 2.24) is 10.2 Å². The van der Waals surface area contributed by atoms with Gasteiger partial charge < -0.3 is 15.0 Å². The third-order valence-corrected chi connectivity index (χ3v) is 8.80. The zero-order chi connectivity index (χ0) is 29.3. The molecular formula is C30H36BrN3O5S. The number of nitrogens with one attached hydrogen (secondary N) is 1. The van der Waals surface area contributed by atoms with Crippen LogP contribution < -0.4 is 14.4 Å². The van der Waals surface area contributed by atoms with Gasteiger partial charge in [0.1, 0.15) is 18.3 Å². The van der Waals surface area contributed by atoms with Crippen LogP contribution in [0, 0.1) is 0 Å². The standard InChI is InChI=1S/C30H36BrN3O5S/c1-5-22(3)32-30(36)23(4)33(20-24-12-14-25(31)15-13-24)29(35)21-34(26-16-18-27(19-17-26)39-6-2)40(37,38)28-10-8-7-9-11-28/h7-19,22-23H,5-6,20-21H2,1-4H3,(H,32,36). The molecule has 0 aliphatic carbocycles. The molecule has 0 saturated heterocycles. The van der Waals surface area contributed by atoms with Crippen LogP contribution in [0.15, 0.2) is 88.2 Å². The van der Waals surface area contributed by atoms with Crippen molar-refractivity contribution in [2.45, 2.75) is 57.6 Å². The number of nitrogens with zero attached hydrogens (tertiary/aromatic N) is 2. The van der Waals surface area contributed by atoms with Crippen molar-refractivity contribution in [3.05, 3.63) is 88.9 Å². The maximum absolute atomic E-state index is 14.0. The van der Waals surface area contributed by atoms with E-state index in [0.29, 0.717) is 18.0 Å². The van der Waals surface area contributed by atoms with Gasteiger partial charge in [0, 0.05) is 17.1 Å². The predicted molar refractivity (Wildman–Crippen MR) is 161 cm³/mol. The van der Waals surface area contributed by atoms with Crippen LogP contribution in [0.25, 0.3) is 0 Å². The molecule has 8 nitrogen and oxygen atoms in total. The molecule has 0 bridgehead atoms. The maximum Gasteiger partial charge on any atom is 0.264 e. The van der Waals surface area contributed by atoms with Gasteiger partial charge >= 0.3 is 0 Å². The molecule has 0 spiro atoms. The smallest absolute Gasteiger partial charge is 0.264 e. The van der Waals surface area contributed by atoms with Gasteiger partial charge in [0.05, 0.1) is 17.2 Å². The molecule has 10 heteroatoms. The highest BCUT2D eigenvalue weighted by Gasteiger charge is 2.32. The minimum atomic E-state index is -4.12. The van der Waals surface area contributed by atoms with Gasteiger partial charge in [-0.2, -0.15) is 0 Å². The lowest BCUT2D eigenvalue weighted by atomic mass is 10.1. The summed E-state index contributed by atoms with van der Waals surface area (Å²) >= 11 is 3.42. The number of carbonyl (C=O) groups excluding carboxylic acids is 2. The lowest BCUT2D eigenvalue weighted by Gasteiger charge is -2.32. The van der Waals surface area contributed by atoms with Crippen molar-refractivity contribution < 1.29 is 22.7 Å². The van der Waals surface area contributed by atoms with Crippen LogP contribution in [0.3, 0.4) is 0 Å². The largest absolute Gasteiger partial charge is 0.494 e. The third kappa shape index (κ3) is 8.08. The molecule has 3 aromatic rings. The maximum atomic E-state index is 14.0. The van der Waals surface area contributed by atoms with Crippen LogP contribution in [0.2, 0.25) is 0 Å². The fraction of sp³-hybridized carbons (Fsp3) is 0.333. The number of carbonyl (C=O) groups is 2. The van der Waals surface area contributed by atoms with Gasteiger partial charge in [0.15, 0.2) is 0 Å². The molecule has 0 aromatic heterocycles. The zero-order valence-corrected chi connectivity index (χ0v) is 25.6. The summed E-state index contributed by atoms with van der Waals surface area (Å²) in [7, 11) is -4.12. The average molecular weight is 631 g/mol. The number of benzene rings is 3. The second kappa shape index (κ2) is 14.3. The molecule has 3 aromatic carbocycles. The van der Waals surface area contributed by atoms with Gasteiger partial charge in [-0.3, -0.25) is 13.9 Å². The second-order valence-electron chi connectivity index (χ2n) is 9.39. The van der Waals surface area contributed by atoms with Gasteiger partial charge in [-0.25, -0.2) is 8.42 Å². The highest BCUT2D eigenvalue weighted by atomic mass is 79.9. The Morgan fingerprint density at radius 1 is 0.925 bits per heavy atom. The van der Waals surface area contributed by atoms with E-state index in [0.717, 1.165) is 20.8 Å². The molecule has 0 radical (unpaired) electrons. The molecule has 214 valence electrons. The molecule has 0 saturated carbocycles. The monoisotopic (exact) mass is 629 g/mol. The number of hydrogen-bond acceptors (Lipinski definition) is 5. The summed E-state index contributed by atoms with van der Waals surface area (Å²) in [6.45, 7) is 7.46. The first-order chi connectivity index (χ1) is 19.1. The molecule has 2 atom stereocenters. The summed E-state index contributed by atoms with van der Waals surface area (Å²) < 4.78 is 35.1. The summed E-state index contributed by atoms with van der Waals surface area (Å²) in [6, 6.07) is 21.0. The molecule has 2 unspecified atom stereocenters. The highest BCUT2D eigenvalue weighted by Crippen LogP contribution is 2.26. The van der Waals surface area contributed by atoms with E-state index in [4.69, 9.17) is 4.74 Å². The number of sulfonamides is 1. The lowest BCUT2D eigenvalue weighted by molar-refractivity contribution is -0.139. The van der Waals surface area contributed by atoms with E-state index in [1.165, 1.54) is 17.0 Å². The summed E-state index contributed by atoms with van der Waals surface area (Å²) in [5.74, 6) is -0.233. The Bertz CT molecular complexity index is 1370. The minimum absolute atomic E-state index is 0.0544. The van der Waals surface area contributed by atoms with Crippen LogP contribution in [0.5, 0.6) is 5.75 Å². The van der Waals surface area contributed by atoms with Crippen LogP contribution in [0.4, 0.5) is 5.69 Å². The Kier molecular flexibility index (Phi) is 11.2. The number of anilines is 1.